The number of amides is 1. The van der Waals surface area contributed by atoms with E-state index in [9.17, 15) is 9.59 Å². The molecule has 5 nitrogen and oxygen atoms in total. The fraction of sp³-hybridized carbons (Fsp3) is 0.500. The molecular weight excluding hydrogens is 398 g/mol. The van der Waals surface area contributed by atoms with Crippen LogP contribution in [0.4, 0.5) is 5.00 Å². The normalized spacial score (nSPS) is 33.6. The van der Waals surface area contributed by atoms with Gasteiger partial charge in [-0.3, -0.25) is 4.79 Å². The lowest BCUT2D eigenvalue weighted by molar-refractivity contribution is -0.149. The fourth-order valence-electron chi connectivity index (χ4n) is 6.15. The number of carbonyl (C=O) groups is 2. The maximum atomic E-state index is 13.6. The molecule has 2 aliphatic carbocycles. The van der Waals surface area contributed by atoms with Crippen molar-refractivity contribution >= 4 is 28.2 Å². The molecule has 3 fully saturated rings. The van der Waals surface area contributed by atoms with Gasteiger partial charge >= 0.3 is 5.97 Å². The Bertz CT molecular complexity index is 1020. The maximum Gasteiger partial charge on any atom is 0.341 e. The van der Waals surface area contributed by atoms with Crippen LogP contribution in [0.15, 0.2) is 35.7 Å². The lowest BCUT2D eigenvalue weighted by Crippen LogP contribution is -2.52. The van der Waals surface area contributed by atoms with Crippen molar-refractivity contribution < 1.29 is 19.1 Å². The first-order valence-corrected chi connectivity index (χ1v) is 11.5. The Hall–Kier alpha value is -2.18. The minimum Gasteiger partial charge on any atom is -0.462 e. The second-order valence-corrected chi connectivity index (χ2v) is 10.1. The minimum atomic E-state index is -0.812. The molecule has 0 unspecified atom stereocenters. The highest BCUT2D eigenvalue weighted by Crippen LogP contribution is 2.75. The van der Waals surface area contributed by atoms with Crippen LogP contribution in [0.5, 0.6) is 0 Å². The zero-order chi connectivity index (χ0) is 21.1. The molecule has 6 heteroatoms. The molecule has 4 atom stereocenters. The number of ether oxygens (including phenoxy) is 2. The van der Waals surface area contributed by atoms with Crippen LogP contribution in [-0.4, -0.2) is 30.7 Å². The molecular formula is C24H27NO4S. The van der Waals surface area contributed by atoms with Crippen LogP contribution >= 0.6 is 11.3 Å². The summed E-state index contributed by atoms with van der Waals surface area (Å²) in [7, 11) is 0. The van der Waals surface area contributed by atoms with Crippen molar-refractivity contribution in [3.8, 4) is 11.1 Å². The average molecular weight is 426 g/mol. The predicted molar refractivity (Wildman–Crippen MR) is 117 cm³/mol. The van der Waals surface area contributed by atoms with Gasteiger partial charge in [0, 0.05) is 21.8 Å². The van der Waals surface area contributed by atoms with Crippen LogP contribution in [-0.2, 0) is 14.3 Å². The lowest BCUT2D eigenvalue weighted by Gasteiger charge is -2.39. The number of carbonyl (C=O) groups excluding carboxylic acids is 2. The number of hydrogen-bond donors (Lipinski definition) is 1. The zero-order valence-electron chi connectivity index (χ0n) is 17.6. The molecule has 2 heterocycles. The first-order valence-electron chi connectivity index (χ1n) is 10.7. The van der Waals surface area contributed by atoms with Crippen molar-refractivity contribution in [3.05, 3.63) is 41.3 Å². The van der Waals surface area contributed by atoms with Crippen LogP contribution in [0, 0.1) is 16.7 Å². The summed E-state index contributed by atoms with van der Waals surface area (Å²) >= 11 is 1.36. The third-order valence-corrected chi connectivity index (χ3v) is 9.04. The van der Waals surface area contributed by atoms with E-state index in [1.165, 1.54) is 11.3 Å². The van der Waals surface area contributed by atoms with Gasteiger partial charge in [0.1, 0.15) is 10.6 Å². The molecule has 158 valence electrons. The molecule has 1 aromatic heterocycles. The Balaban J connectivity index is 1.51. The van der Waals surface area contributed by atoms with E-state index in [0.717, 1.165) is 30.4 Å². The van der Waals surface area contributed by atoms with Crippen LogP contribution in [0.25, 0.3) is 11.1 Å². The van der Waals surface area contributed by atoms with Crippen molar-refractivity contribution in [2.24, 2.45) is 16.7 Å². The van der Waals surface area contributed by atoms with E-state index in [0.29, 0.717) is 23.1 Å². The van der Waals surface area contributed by atoms with Crippen molar-refractivity contribution in [1.82, 2.24) is 0 Å². The Kier molecular flexibility index (Phi) is 4.39. The number of hydrogen-bond acceptors (Lipinski definition) is 5. The summed E-state index contributed by atoms with van der Waals surface area (Å²) in [6.45, 7) is 7.18. The van der Waals surface area contributed by atoms with Crippen molar-refractivity contribution in [3.63, 3.8) is 0 Å². The van der Waals surface area contributed by atoms with Crippen LogP contribution in [0.1, 0.15) is 50.4 Å². The number of rotatable bonds is 5. The van der Waals surface area contributed by atoms with Gasteiger partial charge in [-0.2, -0.15) is 0 Å². The molecule has 0 spiro atoms. The van der Waals surface area contributed by atoms with E-state index in [1.54, 1.807) is 6.92 Å². The van der Waals surface area contributed by atoms with E-state index in [4.69, 9.17) is 9.47 Å². The molecule has 2 saturated carbocycles. The van der Waals surface area contributed by atoms with Gasteiger partial charge in [-0.15, -0.1) is 11.3 Å². The highest BCUT2D eigenvalue weighted by Gasteiger charge is 2.78. The molecule has 4 bridgehead atoms. The van der Waals surface area contributed by atoms with Gasteiger partial charge in [0.25, 0.3) is 5.91 Å². The molecule has 1 saturated heterocycles. The van der Waals surface area contributed by atoms with Gasteiger partial charge in [0.05, 0.1) is 13.2 Å². The average Bonchev–Trinajstić information content (AvgIpc) is 3.39. The summed E-state index contributed by atoms with van der Waals surface area (Å²) in [6, 6.07) is 9.71. The number of thiophene rings is 1. The third kappa shape index (κ3) is 2.38. The molecule has 0 radical (unpaired) electrons. The van der Waals surface area contributed by atoms with Crippen LogP contribution in [0.2, 0.25) is 0 Å². The van der Waals surface area contributed by atoms with E-state index in [-0.39, 0.29) is 23.3 Å². The van der Waals surface area contributed by atoms with E-state index >= 15 is 0 Å². The Morgan fingerprint density at radius 1 is 1.27 bits per heavy atom. The molecule has 5 rings (SSSR count). The van der Waals surface area contributed by atoms with Gasteiger partial charge in [-0.05, 0) is 37.7 Å². The van der Waals surface area contributed by atoms with E-state index in [2.05, 4.69) is 19.2 Å². The number of benzene rings is 1. The molecule has 30 heavy (non-hydrogen) atoms. The monoisotopic (exact) mass is 425 g/mol. The summed E-state index contributed by atoms with van der Waals surface area (Å²) in [5, 5.41) is 5.53. The first kappa shape index (κ1) is 19.8. The summed E-state index contributed by atoms with van der Waals surface area (Å²) in [4.78, 5) is 26.5. The van der Waals surface area contributed by atoms with Crippen molar-refractivity contribution in [2.75, 3.05) is 18.5 Å². The second-order valence-electron chi connectivity index (χ2n) is 9.20. The largest absolute Gasteiger partial charge is 0.462 e. The van der Waals surface area contributed by atoms with Gasteiger partial charge in [-0.1, -0.05) is 44.2 Å². The Labute approximate surface area is 180 Å². The van der Waals surface area contributed by atoms with E-state index in [1.807, 2.05) is 35.7 Å². The highest BCUT2D eigenvalue weighted by atomic mass is 32.1. The van der Waals surface area contributed by atoms with Crippen molar-refractivity contribution in [2.45, 2.75) is 45.6 Å². The van der Waals surface area contributed by atoms with Crippen LogP contribution < -0.4 is 5.32 Å². The predicted octanol–water partition coefficient (Wildman–Crippen LogP) is 5.13. The smallest absolute Gasteiger partial charge is 0.341 e. The molecule has 3 aliphatic rings. The lowest BCUT2D eigenvalue weighted by atomic mass is 9.66. The molecule has 1 aromatic carbocycles. The second kappa shape index (κ2) is 6.66. The summed E-state index contributed by atoms with van der Waals surface area (Å²) in [6.07, 6.45) is 2.93. The standard InChI is InChI=1S/C24H27NO4S/c1-4-28-20(26)18-17(15-8-6-5-7-9-15)13-30-19(18)25-21(27)24-12-16-10-11-23(24,3)22(16,2)14-29-24/h5-9,13,16H,4,10-12,14H2,1-3H3,(H,25,27)/t16-,22+,23-,24-/m0/s1. The summed E-state index contributed by atoms with van der Waals surface area (Å²) < 4.78 is 11.6. The number of esters is 1. The fourth-order valence-corrected chi connectivity index (χ4v) is 7.10. The molecule has 1 N–H and O–H groups in total. The summed E-state index contributed by atoms with van der Waals surface area (Å²) in [5.74, 6) is -0.0144. The topological polar surface area (TPSA) is 64.6 Å². The SMILES string of the molecule is CCOC(=O)c1c(-c2ccccc2)csc1NC(=O)[C@@]12C[C@@H]3CC[C@@]1(C)[C@]3(C)CO2. The van der Waals surface area contributed by atoms with Gasteiger partial charge in [-0.25, -0.2) is 4.79 Å². The van der Waals surface area contributed by atoms with Crippen LogP contribution in [0.3, 0.4) is 0 Å². The molecule has 1 aliphatic heterocycles. The van der Waals surface area contributed by atoms with Crippen molar-refractivity contribution in [1.29, 1.82) is 0 Å². The highest BCUT2D eigenvalue weighted by molar-refractivity contribution is 7.15. The first-order chi connectivity index (χ1) is 14.4. The number of nitrogens with one attached hydrogen (secondary N) is 1. The quantitative estimate of drug-likeness (QED) is 0.675. The Morgan fingerprint density at radius 2 is 2.03 bits per heavy atom. The molecule has 2 aromatic rings. The van der Waals surface area contributed by atoms with E-state index < -0.39 is 11.6 Å². The minimum absolute atomic E-state index is 0.0545. The Morgan fingerprint density at radius 3 is 2.70 bits per heavy atom. The summed E-state index contributed by atoms with van der Waals surface area (Å²) in [5.41, 5.74) is 1.20. The zero-order valence-corrected chi connectivity index (χ0v) is 18.4. The van der Waals surface area contributed by atoms with Gasteiger partial charge < -0.3 is 14.8 Å². The van der Waals surface area contributed by atoms with Gasteiger partial charge in [0.2, 0.25) is 0 Å². The van der Waals surface area contributed by atoms with Gasteiger partial charge in [0.15, 0.2) is 5.60 Å². The number of anilines is 1. The molecule has 1 amide bonds. The maximum absolute atomic E-state index is 13.6. The third-order valence-electron chi connectivity index (χ3n) is 8.15.